The molecule has 0 fully saturated rings. The third kappa shape index (κ3) is 3.30. The molecule has 0 unspecified atom stereocenters. The molecule has 3 rings (SSSR count). The van der Waals surface area contributed by atoms with Gasteiger partial charge in [-0.2, -0.15) is 0 Å². The van der Waals surface area contributed by atoms with Crippen molar-refractivity contribution in [2.45, 2.75) is 20.4 Å². The maximum atomic E-state index is 12.8. The Hall–Kier alpha value is -2.60. The zero-order valence-electron chi connectivity index (χ0n) is 14.7. The van der Waals surface area contributed by atoms with Crippen LogP contribution in [0.3, 0.4) is 0 Å². The molecule has 0 saturated heterocycles. The fourth-order valence-corrected chi connectivity index (χ4v) is 3.17. The molecular formula is C19H22N2O4. The number of fused-ring (bicyclic) bond motifs is 1. The maximum absolute atomic E-state index is 12.8. The van der Waals surface area contributed by atoms with Crippen molar-refractivity contribution in [3.05, 3.63) is 47.3 Å². The summed E-state index contributed by atoms with van der Waals surface area (Å²) >= 11 is 0. The van der Waals surface area contributed by atoms with Gasteiger partial charge in [-0.05, 0) is 32.0 Å². The van der Waals surface area contributed by atoms with Crippen molar-refractivity contribution in [2.24, 2.45) is 0 Å². The number of benzene rings is 1. The highest BCUT2D eigenvalue weighted by molar-refractivity contribution is 6.07. The Kier molecular flexibility index (Phi) is 4.90. The van der Waals surface area contributed by atoms with E-state index in [0.717, 1.165) is 11.4 Å². The van der Waals surface area contributed by atoms with Crippen LogP contribution >= 0.6 is 0 Å². The van der Waals surface area contributed by atoms with E-state index in [4.69, 9.17) is 9.47 Å². The van der Waals surface area contributed by atoms with E-state index in [0.29, 0.717) is 30.2 Å². The molecule has 132 valence electrons. The molecule has 6 nitrogen and oxygen atoms in total. The molecule has 0 aliphatic carbocycles. The van der Waals surface area contributed by atoms with Crippen molar-refractivity contribution in [3.63, 3.8) is 0 Å². The second kappa shape index (κ2) is 7.11. The number of ketones is 1. The molecule has 6 heteroatoms. The van der Waals surface area contributed by atoms with E-state index < -0.39 is 0 Å². The van der Waals surface area contributed by atoms with Crippen LogP contribution in [0.15, 0.2) is 30.3 Å². The van der Waals surface area contributed by atoms with E-state index in [1.165, 1.54) is 4.90 Å². The van der Waals surface area contributed by atoms with Crippen molar-refractivity contribution in [1.29, 1.82) is 0 Å². The predicted octanol–water partition coefficient (Wildman–Crippen LogP) is 2.36. The van der Waals surface area contributed by atoms with Crippen molar-refractivity contribution in [2.75, 3.05) is 31.8 Å². The first kappa shape index (κ1) is 17.2. The largest absolute Gasteiger partial charge is 0.482 e. The summed E-state index contributed by atoms with van der Waals surface area (Å²) in [7, 11) is 1.65. The first-order valence-electron chi connectivity index (χ1n) is 8.24. The number of Topliss-reactive ketones (excluding diaryl/α,β-unsaturated/α-hetero) is 1. The van der Waals surface area contributed by atoms with E-state index in [-0.39, 0.29) is 24.8 Å². The van der Waals surface area contributed by atoms with Gasteiger partial charge in [0.25, 0.3) is 5.91 Å². The number of carbonyl (C=O) groups excluding carboxylic acids is 2. The number of carbonyl (C=O) groups is 2. The van der Waals surface area contributed by atoms with Gasteiger partial charge in [0.15, 0.2) is 12.4 Å². The lowest BCUT2D eigenvalue weighted by Crippen LogP contribution is -2.42. The zero-order valence-corrected chi connectivity index (χ0v) is 14.7. The molecule has 0 radical (unpaired) electrons. The summed E-state index contributed by atoms with van der Waals surface area (Å²) in [5, 5.41) is 0. The molecule has 1 aliphatic heterocycles. The van der Waals surface area contributed by atoms with Gasteiger partial charge < -0.3 is 14.0 Å². The normalized spacial score (nSPS) is 13.6. The van der Waals surface area contributed by atoms with Crippen LogP contribution in [0, 0.1) is 13.8 Å². The SMILES string of the molecule is COCCn1c(C)cc(C(=O)CN2C(=O)COc3ccccc32)c1C. The number of aryl methyl sites for hydroxylation is 1. The number of hydrogen-bond donors (Lipinski definition) is 0. The molecule has 1 aliphatic rings. The Morgan fingerprint density at radius 3 is 2.80 bits per heavy atom. The van der Waals surface area contributed by atoms with Crippen LogP contribution in [-0.2, 0) is 16.1 Å². The van der Waals surface area contributed by atoms with Gasteiger partial charge >= 0.3 is 0 Å². The Morgan fingerprint density at radius 2 is 2.04 bits per heavy atom. The summed E-state index contributed by atoms with van der Waals surface area (Å²) in [6, 6.07) is 9.15. The second-order valence-electron chi connectivity index (χ2n) is 6.09. The van der Waals surface area contributed by atoms with Crippen LogP contribution in [0.25, 0.3) is 0 Å². The highest BCUT2D eigenvalue weighted by Gasteiger charge is 2.28. The average Bonchev–Trinajstić information content (AvgIpc) is 2.90. The minimum atomic E-state index is -0.208. The summed E-state index contributed by atoms with van der Waals surface area (Å²) in [4.78, 5) is 26.6. The van der Waals surface area contributed by atoms with Gasteiger partial charge in [0.2, 0.25) is 0 Å². The molecule has 1 aromatic carbocycles. The van der Waals surface area contributed by atoms with E-state index in [9.17, 15) is 9.59 Å². The van der Waals surface area contributed by atoms with Gasteiger partial charge in [0.1, 0.15) is 5.75 Å². The quantitative estimate of drug-likeness (QED) is 0.756. The summed E-state index contributed by atoms with van der Waals surface area (Å²) in [5.74, 6) is 0.336. The Balaban J connectivity index is 1.85. The second-order valence-corrected chi connectivity index (χ2v) is 6.09. The highest BCUT2D eigenvalue weighted by Crippen LogP contribution is 2.31. The molecule has 0 saturated carbocycles. The third-order valence-corrected chi connectivity index (χ3v) is 4.50. The van der Waals surface area contributed by atoms with Crippen molar-refractivity contribution < 1.29 is 19.1 Å². The number of hydrogen-bond acceptors (Lipinski definition) is 4. The zero-order chi connectivity index (χ0) is 18.0. The molecule has 0 N–H and O–H groups in total. The Labute approximate surface area is 146 Å². The van der Waals surface area contributed by atoms with Crippen molar-refractivity contribution >= 4 is 17.4 Å². The first-order chi connectivity index (χ1) is 12.0. The number of nitrogens with zero attached hydrogens (tertiary/aromatic N) is 2. The molecular weight excluding hydrogens is 320 g/mol. The molecule has 0 spiro atoms. The van der Waals surface area contributed by atoms with Crippen LogP contribution < -0.4 is 9.64 Å². The van der Waals surface area contributed by atoms with Gasteiger partial charge in [-0.25, -0.2) is 0 Å². The molecule has 25 heavy (non-hydrogen) atoms. The highest BCUT2D eigenvalue weighted by atomic mass is 16.5. The lowest BCUT2D eigenvalue weighted by Gasteiger charge is -2.28. The topological polar surface area (TPSA) is 60.8 Å². The number of aromatic nitrogens is 1. The molecule has 0 atom stereocenters. The molecule has 0 bridgehead atoms. The van der Waals surface area contributed by atoms with Crippen molar-refractivity contribution in [3.8, 4) is 5.75 Å². The smallest absolute Gasteiger partial charge is 0.265 e. The van der Waals surface area contributed by atoms with Crippen LogP contribution in [0.4, 0.5) is 5.69 Å². The summed E-state index contributed by atoms with van der Waals surface area (Å²) in [5.41, 5.74) is 3.19. The lowest BCUT2D eigenvalue weighted by atomic mass is 10.1. The van der Waals surface area contributed by atoms with Gasteiger partial charge in [0, 0.05) is 30.6 Å². The monoisotopic (exact) mass is 342 g/mol. The van der Waals surface area contributed by atoms with Crippen LogP contribution in [0.1, 0.15) is 21.7 Å². The molecule has 1 amide bonds. The maximum Gasteiger partial charge on any atom is 0.265 e. The summed E-state index contributed by atoms with van der Waals surface area (Å²) in [6.45, 7) is 5.13. The first-order valence-corrected chi connectivity index (χ1v) is 8.24. The van der Waals surface area contributed by atoms with E-state index >= 15 is 0 Å². The number of amides is 1. The van der Waals surface area contributed by atoms with Gasteiger partial charge in [-0.3, -0.25) is 14.5 Å². The Morgan fingerprint density at radius 1 is 1.28 bits per heavy atom. The van der Waals surface area contributed by atoms with Crippen LogP contribution in [0.2, 0.25) is 0 Å². The number of anilines is 1. The number of ether oxygens (including phenoxy) is 2. The van der Waals surface area contributed by atoms with Crippen molar-refractivity contribution in [1.82, 2.24) is 4.57 Å². The fourth-order valence-electron chi connectivity index (χ4n) is 3.17. The van der Waals surface area contributed by atoms with Crippen LogP contribution in [0.5, 0.6) is 5.75 Å². The summed E-state index contributed by atoms with van der Waals surface area (Å²) < 4.78 is 12.6. The predicted molar refractivity (Wildman–Crippen MR) is 94.4 cm³/mol. The van der Waals surface area contributed by atoms with Gasteiger partial charge in [-0.15, -0.1) is 0 Å². The molecule has 2 aromatic rings. The minimum absolute atomic E-state index is 0.00772. The van der Waals surface area contributed by atoms with Gasteiger partial charge in [0.05, 0.1) is 18.8 Å². The number of methoxy groups -OCH3 is 1. The van der Waals surface area contributed by atoms with E-state index in [2.05, 4.69) is 4.57 Å². The third-order valence-electron chi connectivity index (χ3n) is 4.50. The van der Waals surface area contributed by atoms with Crippen LogP contribution in [-0.4, -0.2) is 43.1 Å². The fraction of sp³-hybridized carbons (Fsp3) is 0.368. The minimum Gasteiger partial charge on any atom is -0.482 e. The molecule has 2 heterocycles. The van der Waals surface area contributed by atoms with Gasteiger partial charge in [-0.1, -0.05) is 12.1 Å². The molecule has 1 aromatic heterocycles. The lowest BCUT2D eigenvalue weighted by molar-refractivity contribution is -0.121. The number of rotatable bonds is 6. The Bertz CT molecular complexity index is 810. The van der Waals surface area contributed by atoms with E-state index in [1.807, 2.05) is 32.0 Å². The number of para-hydroxylation sites is 2. The standard InChI is InChI=1S/C19H22N2O4/c1-13-10-15(14(2)20(13)8-9-24-3)17(22)11-21-16-6-4-5-7-18(16)25-12-19(21)23/h4-7,10H,8-9,11-12H2,1-3H3. The summed E-state index contributed by atoms with van der Waals surface area (Å²) in [6.07, 6.45) is 0. The van der Waals surface area contributed by atoms with E-state index in [1.54, 1.807) is 19.2 Å². The average molecular weight is 342 g/mol.